The molecule has 0 aliphatic carbocycles. The summed E-state index contributed by atoms with van der Waals surface area (Å²) in [5.41, 5.74) is 2.58. The van der Waals surface area contributed by atoms with Crippen molar-refractivity contribution in [3.05, 3.63) is 59.7 Å². The topological polar surface area (TPSA) is 108 Å². The number of aliphatic hydroxyl groups excluding tert-OH is 1. The lowest BCUT2D eigenvalue weighted by Crippen LogP contribution is -2.51. The molecule has 0 fully saturated rings. The van der Waals surface area contributed by atoms with Crippen LogP contribution in [-0.2, 0) is 11.2 Å². The summed E-state index contributed by atoms with van der Waals surface area (Å²) in [5, 5.41) is 13.9. The lowest BCUT2D eigenvalue weighted by molar-refractivity contribution is 0.0504. The molecule has 0 spiro atoms. The fraction of sp³-hybridized carbons (Fsp3) is 0.444. The first kappa shape index (κ1) is 27.0. The van der Waals surface area contributed by atoms with Crippen LogP contribution in [0.25, 0.3) is 11.1 Å². The van der Waals surface area contributed by atoms with E-state index in [1.165, 1.54) is 7.11 Å². The Morgan fingerprint density at radius 2 is 1.86 bits per heavy atom. The van der Waals surface area contributed by atoms with Gasteiger partial charge in [0.1, 0.15) is 5.52 Å². The molecule has 2 aromatic carbocycles. The maximum atomic E-state index is 13.5. The number of benzene rings is 2. The molecular formula is C27H36N4O5. The molecular weight excluding hydrogens is 460 g/mol. The Morgan fingerprint density at radius 3 is 2.50 bits per heavy atom. The van der Waals surface area contributed by atoms with E-state index >= 15 is 0 Å². The van der Waals surface area contributed by atoms with Crippen molar-refractivity contribution >= 4 is 29.1 Å². The summed E-state index contributed by atoms with van der Waals surface area (Å²) < 4.78 is 10.6. The number of carbonyl (C=O) groups excluding carboxylic acids is 2. The Balaban J connectivity index is 1.83. The number of aromatic nitrogens is 1. The van der Waals surface area contributed by atoms with Crippen LogP contribution in [0, 0.1) is 5.92 Å². The first-order chi connectivity index (χ1) is 17.2. The zero-order chi connectivity index (χ0) is 26.2. The Bertz CT molecular complexity index is 1150. The molecule has 194 valence electrons. The van der Waals surface area contributed by atoms with E-state index in [4.69, 9.17) is 9.15 Å². The number of aliphatic hydroxyl groups is 1. The standard InChI is InChI=1S/C27H36N4O5/c1-6-30(4)26-28-21-13-12-20(15-24(21)36-26)25(33)31(16-18(2)3)17-23(32)22(29-27(34)35-5)14-19-10-8-7-9-11-19/h7-13,15,18,22-23,32H,6,14,16-17H2,1-5H3,(H,29,34)/t22-,23+/m0/s1. The number of methoxy groups -OCH3 is 1. The molecule has 1 heterocycles. The summed E-state index contributed by atoms with van der Waals surface area (Å²) in [6.45, 7) is 7.23. The van der Waals surface area contributed by atoms with Crippen molar-refractivity contribution in [1.29, 1.82) is 0 Å². The minimum Gasteiger partial charge on any atom is -0.453 e. The minimum atomic E-state index is -1.02. The Kier molecular flexibility index (Phi) is 9.30. The molecule has 3 aromatic rings. The molecule has 0 saturated carbocycles. The van der Waals surface area contributed by atoms with Gasteiger partial charge in [0.05, 0.1) is 19.3 Å². The summed E-state index contributed by atoms with van der Waals surface area (Å²) in [4.78, 5) is 33.5. The van der Waals surface area contributed by atoms with Gasteiger partial charge in [-0.1, -0.05) is 44.2 Å². The molecule has 2 amide bonds. The van der Waals surface area contributed by atoms with Gasteiger partial charge in [0.25, 0.3) is 11.9 Å². The summed E-state index contributed by atoms with van der Waals surface area (Å²) in [6.07, 6.45) is -1.27. The largest absolute Gasteiger partial charge is 0.453 e. The first-order valence-corrected chi connectivity index (χ1v) is 12.2. The van der Waals surface area contributed by atoms with Crippen molar-refractivity contribution in [3.63, 3.8) is 0 Å². The second kappa shape index (κ2) is 12.4. The number of hydrogen-bond acceptors (Lipinski definition) is 7. The van der Waals surface area contributed by atoms with Gasteiger partial charge in [-0.25, -0.2) is 4.79 Å². The Labute approximate surface area is 212 Å². The molecule has 9 nitrogen and oxygen atoms in total. The van der Waals surface area contributed by atoms with Crippen LogP contribution in [0.5, 0.6) is 0 Å². The van der Waals surface area contributed by atoms with Crippen LogP contribution in [0.15, 0.2) is 52.9 Å². The van der Waals surface area contributed by atoms with Crippen molar-refractivity contribution in [1.82, 2.24) is 15.2 Å². The molecule has 0 bridgehead atoms. The lowest BCUT2D eigenvalue weighted by atomic mass is 10.00. The normalized spacial score (nSPS) is 12.9. The predicted molar refractivity (Wildman–Crippen MR) is 139 cm³/mol. The number of ether oxygens (including phenoxy) is 1. The average Bonchev–Trinajstić information content (AvgIpc) is 3.30. The number of amides is 2. The van der Waals surface area contributed by atoms with Crippen molar-refractivity contribution in [3.8, 4) is 0 Å². The maximum Gasteiger partial charge on any atom is 0.407 e. The van der Waals surface area contributed by atoms with Crippen LogP contribution in [0.2, 0.25) is 0 Å². The van der Waals surface area contributed by atoms with Crippen LogP contribution in [0.1, 0.15) is 36.7 Å². The second-order valence-corrected chi connectivity index (χ2v) is 9.30. The van der Waals surface area contributed by atoms with Crippen LogP contribution in [0.3, 0.4) is 0 Å². The van der Waals surface area contributed by atoms with Crippen LogP contribution in [0.4, 0.5) is 10.8 Å². The smallest absolute Gasteiger partial charge is 0.407 e. The first-order valence-electron chi connectivity index (χ1n) is 12.2. The van der Waals surface area contributed by atoms with Crippen LogP contribution >= 0.6 is 0 Å². The predicted octanol–water partition coefficient (Wildman–Crippen LogP) is 3.71. The number of oxazole rings is 1. The fourth-order valence-electron chi connectivity index (χ4n) is 3.92. The van der Waals surface area contributed by atoms with Gasteiger partial charge in [-0.3, -0.25) is 4.79 Å². The number of nitrogens with zero attached hydrogens (tertiary/aromatic N) is 3. The van der Waals surface area contributed by atoms with Gasteiger partial charge >= 0.3 is 6.09 Å². The van der Waals surface area contributed by atoms with Gasteiger partial charge in [-0.05, 0) is 43.0 Å². The molecule has 9 heteroatoms. The van der Waals surface area contributed by atoms with Crippen molar-refractivity contribution in [2.45, 2.75) is 39.3 Å². The Hall–Kier alpha value is -3.59. The van der Waals surface area contributed by atoms with Gasteiger partial charge in [0.15, 0.2) is 5.58 Å². The zero-order valence-corrected chi connectivity index (χ0v) is 21.6. The van der Waals surface area contributed by atoms with E-state index in [2.05, 4.69) is 10.3 Å². The minimum absolute atomic E-state index is 0.0385. The zero-order valence-electron chi connectivity index (χ0n) is 21.6. The molecule has 0 aliphatic rings. The maximum absolute atomic E-state index is 13.5. The van der Waals surface area contributed by atoms with Gasteiger partial charge in [-0.15, -0.1) is 0 Å². The fourth-order valence-corrected chi connectivity index (χ4v) is 3.92. The summed E-state index contributed by atoms with van der Waals surface area (Å²) in [7, 11) is 3.16. The van der Waals surface area contributed by atoms with Crippen molar-refractivity contribution in [2.24, 2.45) is 5.92 Å². The Morgan fingerprint density at radius 1 is 1.14 bits per heavy atom. The SMILES string of the molecule is CCN(C)c1nc2ccc(C(=O)N(CC(C)C)C[C@@H](O)[C@H](Cc3ccccc3)NC(=O)OC)cc2o1. The summed E-state index contributed by atoms with van der Waals surface area (Å²) >= 11 is 0. The highest BCUT2D eigenvalue weighted by atomic mass is 16.5. The summed E-state index contributed by atoms with van der Waals surface area (Å²) in [5.74, 6) is -0.0657. The van der Waals surface area contributed by atoms with E-state index in [0.717, 1.165) is 12.1 Å². The van der Waals surface area contributed by atoms with E-state index in [-0.39, 0.29) is 18.4 Å². The molecule has 2 atom stereocenters. The molecule has 3 rings (SSSR count). The van der Waals surface area contributed by atoms with E-state index in [0.29, 0.717) is 35.6 Å². The van der Waals surface area contributed by atoms with Gasteiger partial charge in [-0.2, -0.15) is 4.98 Å². The highest BCUT2D eigenvalue weighted by Gasteiger charge is 2.28. The average molecular weight is 497 g/mol. The van der Waals surface area contributed by atoms with Crippen LogP contribution < -0.4 is 10.2 Å². The molecule has 0 radical (unpaired) electrons. The molecule has 0 unspecified atom stereocenters. The molecule has 0 saturated heterocycles. The number of fused-ring (bicyclic) bond motifs is 1. The second-order valence-electron chi connectivity index (χ2n) is 9.30. The van der Waals surface area contributed by atoms with Crippen molar-refractivity contribution < 1.29 is 23.8 Å². The van der Waals surface area contributed by atoms with Gasteiger partial charge in [0.2, 0.25) is 0 Å². The van der Waals surface area contributed by atoms with Crippen LogP contribution in [-0.4, -0.2) is 72.9 Å². The third kappa shape index (κ3) is 6.97. The molecule has 2 N–H and O–H groups in total. The van der Waals surface area contributed by atoms with E-state index < -0.39 is 18.2 Å². The van der Waals surface area contributed by atoms with Gasteiger partial charge in [0, 0.05) is 32.2 Å². The van der Waals surface area contributed by atoms with Crippen molar-refractivity contribution in [2.75, 3.05) is 38.7 Å². The quantitative estimate of drug-likeness (QED) is 0.417. The highest BCUT2D eigenvalue weighted by Crippen LogP contribution is 2.23. The number of rotatable bonds is 11. The molecule has 1 aromatic heterocycles. The lowest BCUT2D eigenvalue weighted by Gasteiger charge is -2.31. The number of hydrogen-bond donors (Lipinski definition) is 2. The number of nitrogens with one attached hydrogen (secondary N) is 1. The number of anilines is 1. The van der Waals surface area contributed by atoms with E-state index in [1.54, 1.807) is 23.1 Å². The number of carbonyl (C=O) groups is 2. The third-order valence-electron chi connectivity index (χ3n) is 5.96. The van der Waals surface area contributed by atoms with E-state index in [1.807, 2.05) is 63.1 Å². The number of alkyl carbamates (subject to hydrolysis) is 1. The van der Waals surface area contributed by atoms with E-state index in [9.17, 15) is 14.7 Å². The third-order valence-corrected chi connectivity index (χ3v) is 5.96. The highest BCUT2D eigenvalue weighted by molar-refractivity contribution is 5.97. The monoisotopic (exact) mass is 496 g/mol. The molecule has 36 heavy (non-hydrogen) atoms. The summed E-state index contributed by atoms with van der Waals surface area (Å²) in [6, 6.07) is 14.6. The van der Waals surface area contributed by atoms with Gasteiger partial charge < -0.3 is 29.4 Å². The molecule has 0 aliphatic heterocycles.